The zero-order chi connectivity index (χ0) is 15.6. The van der Waals surface area contributed by atoms with Gasteiger partial charge in [0.05, 0.1) is 10.6 Å². The molecule has 0 aliphatic rings. The van der Waals surface area contributed by atoms with Gasteiger partial charge in [-0.05, 0) is 30.7 Å². The molecule has 0 heterocycles. The second kappa shape index (κ2) is 5.58. The predicted molar refractivity (Wildman–Crippen MR) is 76.6 cm³/mol. The number of aryl methyl sites for hydroxylation is 1. The average molecular weight is 289 g/mol. The van der Waals surface area contributed by atoms with Crippen LogP contribution in [-0.4, -0.2) is 10.8 Å². The van der Waals surface area contributed by atoms with Gasteiger partial charge in [0.15, 0.2) is 0 Å². The first-order valence-electron chi connectivity index (χ1n) is 6.00. The first-order chi connectivity index (χ1) is 9.90. The van der Waals surface area contributed by atoms with Gasteiger partial charge in [-0.15, -0.1) is 0 Å². The highest BCUT2D eigenvalue weighted by Crippen LogP contribution is 2.24. The van der Waals surface area contributed by atoms with Crippen molar-refractivity contribution in [1.82, 2.24) is 0 Å². The first-order valence-corrected chi connectivity index (χ1v) is 6.00. The van der Waals surface area contributed by atoms with E-state index in [0.29, 0.717) is 5.56 Å². The molecule has 0 bridgehead atoms. The third-order valence-electron chi connectivity index (χ3n) is 2.95. The molecule has 0 aromatic heterocycles. The minimum absolute atomic E-state index is 0.0264. The molecule has 7 heteroatoms. The van der Waals surface area contributed by atoms with Crippen molar-refractivity contribution in [3.05, 3.63) is 63.5 Å². The molecular formula is C14H12FN3O3. The maximum Gasteiger partial charge on any atom is 0.292 e. The third kappa shape index (κ3) is 2.97. The molecule has 0 aliphatic carbocycles. The lowest BCUT2D eigenvalue weighted by atomic mass is 10.1. The van der Waals surface area contributed by atoms with Crippen LogP contribution in [0.25, 0.3) is 0 Å². The number of rotatable bonds is 3. The van der Waals surface area contributed by atoms with Crippen LogP contribution in [0.5, 0.6) is 0 Å². The molecule has 1 amide bonds. The Kier molecular flexibility index (Phi) is 3.84. The maximum absolute atomic E-state index is 13.7. The number of amides is 1. The van der Waals surface area contributed by atoms with Crippen molar-refractivity contribution in [2.45, 2.75) is 6.92 Å². The standard InChI is InChI=1S/C14H12FN3O3/c1-8-3-2-4-10(15)13(8)17-14(19)9-5-6-11(16)12(7-9)18(20)21/h2-7H,16H2,1H3,(H,17,19). The van der Waals surface area contributed by atoms with E-state index in [0.717, 1.165) is 6.07 Å². The highest BCUT2D eigenvalue weighted by molar-refractivity contribution is 6.05. The van der Waals surface area contributed by atoms with Gasteiger partial charge in [0.2, 0.25) is 0 Å². The monoisotopic (exact) mass is 289 g/mol. The summed E-state index contributed by atoms with van der Waals surface area (Å²) in [4.78, 5) is 22.2. The van der Waals surface area contributed by atoms with Crippen LogP contribution in [0, 0.1) is 22.9 Å². The van der Waals surface area contributed by atoms with Gasteiger partial charge >= 0.3 is 0 Å². The molecule has 2 aromatic carbocycles. The summed E-state index contributed by atoms with van der Waals surface area (Å²) < 4.78 is 13.7. The average Bonchev–Trinajstić information content (AvgIpc) is 2.43. The lowest BCUT2D eigenvalue weighted by molar-refractivity contribution is -0.383. The lowest BCUT2D eigenvalue weighted by Gasteiger charge is -2.09. The molecule has 2 rings (SSSR count). The van der Waals surface area contributed by atoms with Crippen LogP contribution in [0.1, 0.15) is 15.9 Å². The number of benzene rings is 2. The van der Waals surface area contributed by atoms with Crippen LogP contribution in [0.3, 0.4) is 0 Å². The van der Waals surface area contributed by atoms with Crippen molar-refractivity contribution in [3.63, 3.8) is 0 Å². The molecule has 0 saturated heterocycles. The predicted octanol–water partition coefficient (Wildman–Crippen LogP) is 2.88. The van der Waals surface area contributed by atoms with Crippen LogP contribution in [0.2, 0.25) is 0 Å². The molecule has 0 atom stereocenters. The van der Waals surface area contributed by atoms with Gasteiger partial charge in [0.25, 0.3) is 11.6 Å². The Hall–Kier alpha value is -2.96. The van der Waals surface area contributed by atoms with E-state index in [4.69, 9.17) is 5.73 Å². The number of nitrogens with two attached hydrogens (primary N) is 1. The van der Waals surface area contributed by atoms with E-state index in [1.54, 1.807) is 13.0 Å². The number of nitrogens with zero attached hydrogens (tertiary/aromatic N) is 1. The van der Waals surface area contributed by atoms with Gasteiger partial charge in [-0.2, -0.15) is 0 Å². The van der Waals surface area contributed by atoms with Crippen LogP contribution >= 0.6 is 0 Å². The summed E-state index contributed by atoms with van der Waals surface area (Å²) in [6, 6.07) is 8.04. The minimum atomic E-state index is -0.680. The number of halogens is 1. The van der Waals surface area contributed by atoms with Crippen molar-refractivity contribution in [3.8, 4) is 0 Å². The third-order valence-corrected chi connectivity index (χ3v) is 2.95. The van der Waals surface area contributed by atoms with E-state index in [1.807, 2.05) is 0 Å². The number of hydrogen-bond acceptors (Lipinski definition) is 4. The van der Waals surface area contributed by atoms with Crippen LogP contribution in [0.15, 0.2) is 36.4 Å². The number of hydrogen-bond donors (Lipinski definition) is 2. The Morgan fingerprint density at radius 3 is 2.67 bits per heavy atom. The number of carbonyl (C=O) groups is 1. The van der Waals surface area contributed by atoms with E-state index in [-0.39, 0.29) is 22.6 Å². The molecule has 0 fully saturated rings. The fourth-order valence-corrected chi connectivity index (χ4v) is 1.82. The van der Waals surface area contributed by atoms with Crippen molar-refractivity contribution < 1.29 is 14.1 Å². The number of nitro benzene ring substituents is 1. The van der Waals surface area contributed by atoms with Gasteiger partial charge in [-0.3, -0.25) is 14.9 Å². The molecule has 3 N–H and O–H groups in total. The second-order valence-corrected chi connectivity index (χ2v) is 4.42. The fraction of sp³-hybridized carbons (Fsp3) is 0.0714. The highest BCUT2D eigenvalue weighted by atomic mass is 19.1. The Labute approximate surface area is 119 Å². The zero-order valence-electron chi connectivity index (χ0n) is 11.1. The van der Waals surface area contributed by atoms with E-state index in [1.165, 1.54) is 24.3 Å². The van der Waals surface area contributed by atoms with E-state index in [2.05, 4.69) is 5.32 Å². The molecule has 0 radical (unpaired) electrons. The smallest absolute Gasteiger partial charge is 0.292 e. The number of carbonyl (C=O) groups excluding carboxylic acids is 1. The molecule has 0 aliphatic heterocycles. The van der Waals surface area contributed by atoms with Gasteiger partial charge in [0.1, 0.15) is 11.5 Å². The summed E-state index contributed by atoms with van der Waals surface area (Å²) in [5.41, 5.74) is 5.67. The second-order valence-electron chi connectivity index (χ2n) is 4.42. The quantitative estimate of drug-likeness (QED) is 0.515. The van der Waals surface area contributed by atoms with Crippen molar-refractivity contribution in [2.24, 2.45) is 0 Å². The summed E-state index contributed by atoms with van der Waals surface area (Å²) in [5, 5.41) is 13.2. The summed E-state index contributed by atoms with van der Waals surface area (Å²) in [5.74, 6) is -1.22. The zero-order valence-corrected chi connectivity index (χ0v) is 11.1. The van der Waals surface area contributed by atoms with Gasteiger partial charge < -0.3 is 11.1 Å². The van der Waals surface area contributed by atoms with Gasteiger partial charge in [-0.1, -0.05) is 12.1 Å². The minimum Gasteiger partial charge on any atom is -0.393 e. The summed E-state index contributed by atoms with van der Waals surface area (Å²) in [6.07, 6.45) is 0. The molecule has 0 saturated carbocycles. The first kappa shape index (κ1) is 14.4. The Morgan fingerprint density at radius 1 is 1.33 bits per heavy atom. The largest absolute Gasteiger partial charge is 0.393 e. The molecule has 21 heavy (non-hydrogen) atoms. The summed E-state index contributed by atoms with van der Waals surface area (Å²) >= 11 is 0. The number of para-hydroxylation sites is 1. The molecule has 2 aromatic rings. The number of nitro groups is 1. The fourth-order valence-electron chi connectivity index (χ4n) is 1.82. The highest BCUT2D eigenvalue weighted by Gasteiger charge is 2.17. The number of anilines is 2. The maximum atomic E-state index is 13.7. The summed E-state index contributed by atoms with van der Waals surface area (Å²) in [7, 11) is 0. The summed E-state index contributed by atoms with van der Waals surface area (Å²) in [6.45, 7) is 1.64. The van der Waals surface area contributed by atoms with E-state index < -0.39 is 16.6 Å². The number of nitrogen functional groups attached to an aromatic ring is 1. The Morgan fingerprint density at radius 2 is 2.05 bits per heavy atom. The molecular weight excluding hydrogens is 277 g/mol. The van der Waals surface area contributed by atoms with Crippen molar-refractivity contribution >= 4 is 23.0 Å². The van der Waals surface area contributed by atoms with Gasteiger partial charge in [-0.25, -0.2) is 4.39 Å². The van der Waals surface area contributed by atoms with Gasteiger partial charge in [0, 0.05) is 11.6 Å². The van der Waals surface area contributed by atoms with Crippen LogP contribution < -0.4 is 11.1 Å². The normalized spacial score (nSPS) is 10.2. The topological polar surface area (TPSA) is 98.3 Å². The number of nitrogens with one attached hydrogen (secondary N) is 1. The molecule has 0 spiro atoms. The van der Waals surface area contributed by atoms with Crippen LogP contribution in [-0.2, 0) is 0 Å². The molecule has 0 unspecified atom stereocenters. The SMILES string of the molecule is Cc1cccc(F)c1NC(=O)c1ccc(N)c([N+](=O)[O-])c1. The van der Waals surface area contributed by atoms with E-state index >= 15 is 0 Å². The molecule has 108 valence electrons. The van der Waals surface area contributed by atoms with E-state index in [9.17, 15) is 19.3 Å². The Bertz CT molecular complexity index is 711. The van der Waals surface area contributed by atoms with Crippen LogP contribution in [0.4, 0.5) is 21.5 Å². The Balaban J connectivity index is 2.33. The van der Waals surface area contributed by atoms with Crippen molar-refractivity contribution in [1.29, 1.82) is 0 Å². The molecule has 6 nitrogen and oxygen atoms in total. The lowest BCUT2D eigenvalue weighted by Crippen LogP contribution is -2.14. The van der Waals surface area contributed by atoms with Crippen molar-refractivity contribution in [2.75, 3.05) is 11.1 Å².